The molecule has 0 aliphatic carbocycles. The molecule has 0 bridgehead atoms. The topological polar surface area (TPSA) is 98.2 Å². The van der Waals surface area contributed by atoms with Crippen LogP contribution in [0.4, 0.5) is 5.82 Å². The molecule has 0 radical (unpaired) electrons. The van der Waals surface area contributed by atoms with Crippen LogP contribution in [0.2, 0.25) is 0 Å². The van der Waals surface area contributed by atoms with Crippen LogP contribution in [0.25, 0.3) is 0 Å². The number of hydrogen-bond donors (Lipinski definition) is 3. The normalized spacial score (nSPS) is 17.5. The van der Waals surface area contributed by atoms with Gasteiger partial charge in [0.15, 0.2) is 5.84 Å². The van der Waals surface area contributed by atoms with Crippen molar-refractivity contribution in [1.29, 1.82) is 0 Å². The van der Waals surface area contributed by atoms with Crippen molar-refractivity contribution in [2.75, 3.05) is 44.2 Å². The molecule has 0 amide bonds. The Balaban J connectivity index is 2.20. The number of aliphatic hydroxyl groups is 1. The van der Waals surface area contributed by atoms with Gasteiger partial charge in [-0.15, -0.1) is 0 Å². The standard InChI is InChI=1S/C13H21N5O2/c1-10-2-3-15-13(11(10)12(14)16-20)18-6-4-17(5-7-18)8-9-19/h2-3,19-20H,4-9H2,1H3,(H2,14,16). The molecule has 4 N–H and O–H groups in total. The van der Waals surface area contributed by atoms with Gasteiger partial charge >= 0.3 is 0 Å². The average Bonchev–Trinajstić information content (AvgIpc) is 2.47. The molecule has 1 fully saturated rings. The highest BCUT2D eigenvalue weighted by atomic mass is 16.4. The van der Waals surface area contributed by atoms with Crippen LogP contribution in [0.1, 0.15) is 11.1 Å². The zero-order chi connectivity index (χ0) is 14.5. The summed E-state index contributed by atoms with van der Waals surface area (Å²) in [6.45, 7) is 6.14. The van der Waals surface area contributed by atoms with Gasteiger partial charge in [0.05, 0.1) is 12.2 Å². The third-order valence-corrected chi connectivity index (χ3v) is 3.59. The second-order valence-corrected chi connectivity index (χ2v) is 4.86. The highest BCUT2D eigenvalue weighted by molar-refractivity contribution is 6.02. The van der Waals surface area contributed by atoms with Crippen LogP contribution in [0.15, 0.2) is 17.4 Å². The van der Waals surface area contributed by atoms with E-state index in [1.165, 1.54) is 0 Å². The van der Waals surface area contributed by atoms with Crippen molar-refractivity contribution < 1.29 is 10.3 Å². The Labute approximate surface area is 118 Å². The fourth-order valence-corrected chi connectivity index (χ4v) is 2.47. The van der Waals surface area contributed by atoms with Gasteiger partial charge in [-0.3, -0.25) is 4.90 Å². The number of aryl methyl sites for hydroxylation is 1. The number of hydrogen-bond acceptors (Lipinski definition) is 6. The van der Waals surface area contributed by atoms with E-state index in [9.17, 15) is 0 Å². The number of oxime groups is 1. The summed E-state index contributed by atoms with van der Waals surface area (Å²) < 4.78 is 0. The summed E-state index contributed by atoms with van der Waals surface area (Å²) in [6.07, 6.45) is 1.74. The van der Waals surface area contributed by atoms with E-state index in [0.29, 0.717) is 12.1 Å². The van der Waals surface area contributed by atoms with Crippen molar-refractivity contribution in [3.05, 3.63) is 23.4 Å². The lowest BCUT2D eigenvalue weighted by Crippen LogP contribution is -2.48. The molecule has 20 heavy (non-hydrogen) atoms. The minimum absolute atomic E-state index is 0.0865. The van der Waals surface area contributed by atoms with Crippen LogP contribution in [0.5, 0.6) is 0 Å². The Morgan fingerprint density at radius 3 is 2.70 bits per heavy atom. The van der Waals surface area contributed by atoms with E-state index in [4.69, 9.17) is 16.0 Å². The molecule has 1 saturated heterocycles. The maximum Gasteiger partial charge on any atom is 0.174 e. The van der Waals surface area contributed by atoms with E-state index < -0.39 is 0 Å². The highest BCUT2D eigenvalue weighted by Crippen LogP contribution is 2.22. The largest absolute Gasteiger partial charge is 0.409 e. The zero-order valence-electron chi connectivity index (χ0n) is 11.7. The maximum absolute atomic E-state index is 8.96. The van der Waals surface area contributed by atoms with Crippen LogP contribution < -0.4 is 10.6 Å². The molecule has 7 heteroatoms. The Morgan fingerprint density at radius 2 is 2.10 bits per heavy atom. The Morgan fingerprint density at radius 1 is 1.40 bits per heavy atom. The van der Waals surface area contributed by atoms with Gasteiger partial charge in [-0.05, 0) is 18.6 Å². The minimum atomic E-state index is 0.0865. The SMILES string of the molecule is Cc1ccnc(N2CCN(CCO)CC2)c1/C(N)=N/O. The molecule has 0 unspecified atom stereocenters. The summed E-state index contributed by atoms with van der Waals surface area (Å²) in [4.78, 5) is 8.73. The van der Waals surface area contributed by atoms with Gasteiger partial charge in [0, 0.05) is 38.9 Å². The van der Waals surface area contributed by atoms with Crippen LogP contribution in [-0.2, 0) is 0 Å². The first-order chi connectivity index (χ1) is 9.67. The molecule has 0 saturated carbocycles. The molecule has 7 nitrogen and oxygen atoms in total. The van der Waals surface area contributed by atoms with Gasteiger partial charge in [-0.1, -0.05) is 5.16 Å². The molecule has 0 spiro atoms. The minimum Gasteiger partial charge on any atom is -0.409 e. The van der Waals surface area contributed by atoms with E-state index in [1.807, 2.05) is 13.0 Å². The summed E-state index contributed by atoms with van der Waals surface area (Å²) in [5.74, 6) is 0.840. The molecule has 1 aromatic heterocycles. The van der Waals surface area contributed by atoms with Crippen LogP contribution in [-0.4, -0.2) is 65.4 Å². The number of piperazine rings is 1. The lowest BCUT2D eigenvalue weighted by Gasteiger charge is -2.36. The molecule has 2 heterocycles. The molecule has 0 atom stereocenters. The lowest BCUT2D eigenvalue weighted by atomic mass is 10.1. The number of nitrogens with zero attached hydrogens (tertiary/aromatic N) is 4. The second kappa shape index (κ2) is 6.53. The Hall–Kier alpha value is -1.86. The van der Waals surface area contributed by atoms with Gasteiger partial charge in [0.2, 0.25) is 0 Å². The Bertz CT molecular complexity index is 484. The van der Waals surface area contributed by atoms with Crippen molar-refractivity contribution >= 4 is 11.7 Å². The fraction of sp³-hybridized carbons (Fsp3) is 0.538. The van der Waals surface area contributed by atoms with Gasteiger partial charge < -0.3 is 20.9 Å². The second-order valence-electron chi connectivity index (χ2n) is 4.86. The summed E-state index contributed by atoms with van der Waals surface area (Å²) in [6, 6.07) is 1.85. The quantitative estimate of drug-likeness (QED) is 0.300. The van der Waals surface area contributed by atoms with E-state index in [2.05, 4.69) is 19.9 Å². The summed E-state index contributed by atoms with van der Waals surface area (Å²) in [7, 11) is 0. The van der Waals surface area contributed by atoms with Crippen molar-refractivity contribution in [3.8, 4) is 0 Å². The van der Waals surface area contributed by atoms with Gasteiger partial charge in [-0.2, -0.15) is 0 Å². The molecular formula is C13H21N5O2. The first-order valence-corrected chi connectivity index (χ1v) is 6.69. The van der Waals surface area contributed by atoms with Crippen molar-refractivity contribution in [1.82, 2.24) is 9.88 Å². The molecule has 2 rings (SSSR count). The number of nitrogens with two attached hydrogens (primary N) is 1. The predicted octanol–water partition coefficient (Wildman–Crippen LogP) is -0.401. The lowest BCUT2D eigenvalue weighted by molar-refractivity contribution is 0.188. The van der Waals surface area contributed by atoms with Crippen molar-refractivity contribution in [2.24, 2.45) is 10.9 Å². The van der Waals surface area contributed by atoms with Gasteiger partial charge in [-0.25, -0.2) is 4.98 Å². The number of pyridine rings is 1. The number of anilines is 1. The summed E-state index contributed by atoms with van der Waals surface area (Å²) >= 11 is 0. The molecule has 110 valence electrons. The number of β-amino-alcohol motifs (C(OH)–C–C–N with tert-alkyl or cyclic N) is 1. The predicted molar refractivity (Wildman–Crippen MR) is 77.2 cm³/mol. The molecular weight excluding hydrogens is 258 g/mol. The van der Waals surface area contributed by atoms with Crippen molar-refractivity contribution in [3.63, 3.8) is 0 Å². The number of amidine groups is 1. The van der Waals surface area contributed by atoms with E-state index in [0.717, 1.165) is 37.6 Å². The first kappa shape index (κ1) is 14.5. The van der Waals surface area contributed by atoms with E-state index >= 15 is 0 Å². The van der Waals surface area contributed by atoms with E-state index in [1.54, 1.807) is 6.20 Å². The zero-order valence-corrected chi connectivity index (χ0v) is 11.7. The van der Waals surface area contributed by atoms with E-state index in [-0.39, 0.29) is 12.4 Å². The summed E-state index contributed by atoms with van der Waals surface area (Å²) in [5, 5.41) is 21.0. The summed E-state index contributed by atoms with van der Waals surface area (Å²) in [5.41, 5.74) is 7.39. The van der Waals surface area contributed by atoms with Crippen molar-refractivity contribution in [2.45, 2.75) is 6.92 Å². The van der Waals surface area contributed by atoms with Crippen LogP contribution >= 0.6 is 0 Å². The number of rotatable bonds is 4. The smallest absolute Gasteiger partial charge is 0.174 e. The third-order valence-electron chi connectivity index (χ3n) is 3.59. The van der Waals surface area contributed by atoms with Gasteiger partial charge in [0.1, 0.15) is 5.82 Å². The number of aliphatic hydroxyl groups excluding tert-OH is 1. The highest BCUT2D eigenvalue weighted by Gasteiger charge is 2.22. The molecule has 0 aromatic carbocycles. The molecule has 1 aliphatic heterocycles. The number of aromatic nitrogens is 1. The maximum atomic E-state index is 8.96. The van der Waals surface area contributed by atoms with Gasteiger partial charge in [0.25, 0.3) is 0 Å². The van der Waals surface area contributed by atoms with Crippen LogP contribution in [0, 0.1) is 6.92 Å². The Kier molecular flexibility index (Phi) is 4.75. The average molecular weight is 279 g/mol. The third kappa shape index (κ3) is 3.00. The van der Waals surface area contributed by atoms with Crippen LogP contribution in [0.3, 0.4) is 0 Å². The molecule has 1 aliphatic rings. The monoisotopic (exact) mass is 279 g/mol. The fourth-order valence-electron chi connectivity index (χ4n) is 2.47. The first-order valence-electron chi connectivity index (χ1n) is 6.69. The molecule has 1 aromatic rings.